The van der Waals surface area contributed by atoms with Crippen molar-refractivity contribution in [3.05, 3.63) is 30.5 Å². The van der Waals surface area contributed by atoms with Gasteiger partial charge in [-0.2, -0.15) is 0 Å². The number of phenolic OH excluding ortho intramolecular Hbond substituents is 1. The van der Waals surface area contributed by atoms with Crippen LogP contribution >= 0.6 is 0 Å². The van der Waals surface area contributed by atoms with Crippen molar-refractivity contribution >= 4 is 10.9 Å². The molecule has 74 valence electrons. The summed E-state index contributed by atoms with van der Waals surface area (Å²) < 4.78 is 2.21. The quantitative estimate of drug-likeness (QED) is 0.676. The van der Waals surface area contributed by atoms with Gasteiger partial charge in [0.15, 0.2) is 0 Å². The van der Waals surface area contributed by atoms with Gasteiger partial charge >= 0.3 is 0 Å². The zero-order valence-electron chi connectivity index (χ0n) is 8.78. The van der Waals surface area contributed by atoms with Crippen molar-refractivity contribution in [3.63, 3.8) is 0 Å². The van der Waals surface area contributed by atoms with E-state index >= 15 is 0 Å². The van der Waals surface area contributed by atoms with E-state index in [0.29, 0.717) is 5.75 Å². The van der Waals surface area contributed by atoms with Gasteiger partial charge < -0.3 is 9.67 Å². The molecule has 2 aromatic rings. The molecule has 0 amide bonds. The zero-order chi connectivity index (χ0) is 10.3. The van der Waals surface area contributed by atoms with Crippen LogP contribution in [0.15, 0.2) is 30.5 Å². The van der Waals surface area contributed by atoms with Crippen LogP contribution in [0.1, 0.15) is 20.8 Å². The monoisotopic (exact) mass is 189 g/mol. The summed E-state index contributed by atoms with van der Waals surface area (Å²) in [4.78, 5) is 0. The van der Waals surface area contributed by atoms with E-state index in [-0.39, 0.29) is 5.54 Å². The fourth-order valence-electron chi connectivity index (χ4n) is 1.71. The number of hydrogen-bond donors (Lipinski definition) is 1. The van der Waals surface area contributed by atoms with Gasteiger partial charge in [-0.3, -0.25) is 0 Å². The maximum absolute atomic E-state index is 9.33. The van der Waals surface area contributed by atoms with E-state index in [9.17, 15) is 5.11 Å². The standard InChI is InChI=1S/C12H15NO/c1-12(2,3)13-7-6-9-8-10(14)4-5-11(9)13/h4-8,14H,1-3H3. The molecule has 0 unspecified atom stereocenters. The van der Waals surface area contributed by atoms with Gasteiger partial charge in [-0.1, -0.05) is 0 Å². The predicted molar refractivity (Wildman–Crippen MR) is 58.6 cm³/mol. The van der Waals surface area contributed by atoms with E-state index in [4.69, 9.17) is 0 Å². The molecule has 0 saturated heterocycles. The Kier molecular flexibility index (Phi) is 1.81. The fraction of sp³-hybridized carbons (Fsp3) is 0.333. The second kappa shape index (κ2) is 2.77. The van der Waals surface area contributed by atoms with Gasteiger partial charge in [0.25, 0.3) is 0 Å². The number of fused-ring (bicyclic) bond motifs is 1. The molecular weight excluding hydrogens is 174 g/mol. The van der Waals surface area contributed by atoms with Crippen LogP contribution in [0.4, 0.5) is 0 Å². The average Bonchev–Trinajstić information content (AvgIpc) is 2.45. The molecule has 0 aliphatic heterocycles. The third kappa shape index (κ3) is 1.37. The molecule has 2 nitrogen and oxygen atoms in total. The van der Waals surface area contributed by atoms with Gasteiger partial charge in [-0.25, -0.2) is 0 Å². The van der Waals surface area contributed by atoms with Crippen molar-refractivity contribution in [3.8, 4) is 5.75 Å². The van der Waals surface area contributed by atoms with Crippen LogP contribution in [0, 0.1) is 0 Å². The second-order valence-corrected chi connectivity index (χ2v) is 4.60. The lowest BCUT2D eigenvalue weighted by atomic mass is 10.1. The molecule has 0 aliphatic rings. The summed E-state index contributed by atoms with van der Waals surface area (Å²) in [6.07, 6.45) is 2.06. The number of aromatic nitrogens is 1. The van der Waals surface area contributed by atoms with Gasteiger partial charge in [0.05, 0.1) is 0 Å². The number of rotatable bonds is 0. The second-order valence-electron chi connectivity index (χ2n) is 4.60. The summed E-state index contributed by atoms with van der Waals surface area (Å²) in [5.74, 6) is 0.323. The highest BCUT2D eigenvalue weighted by Gasteiger charge is 2.14. The lowest BCUT2D eigenvalue weighted by Crippen LogP contribution is -2.20. The molecule has 0 aliphatic carbocycles. The molecule has 0 radical (unpaired) electrons. The number of phenols is 1. The van der Waals surface area contributed by atoms with E-state index in [1.54, 1.807) is 12.1 Å². The van der Waals surface area contributed by atoms with Crippen LogP contribution in [-0.2, 0) is 5.54 Å². The topological polar surface area (TPSA) is 25.2 Å². The molecule has 1 aromatic carbocycles. The van der Waals surface area contributed by atoms with Crippen molar-refractivity contribution < 1.29 is 5.11 Å². The first kappa shape index (κ1) is 9.13. The third-order valence-corrected chi connectivity index (χ3v) is 2.40. The highest BCUT2D eigenvalue weighted by molar-refractivity contribution is 5.81. The molecule has 1 heterocycles. The molecule has 2 rings (SSSR count). The summed E-state index contributed by atoms with van der Waals surface area (Å²) in [5.41, 5.74) is 1.24. The Balaban J connectivity index is 2.70. The van der Waals surface area contributed by atoms with Gasteiger partial charge in [0, 0.05) is 22.6 Å². The minimum atomic E-state index is 0.0821. The first-order valence-electron chi connectivity index (χ1n) is 4.79. The molecule has 1 aromatic heterocycles. The van der Waals surface area contributed by atoms with E-state index in [2.05, 4.69) is 31.5 Å². The molecule has 14 heavy (non-hydrogen) atoms. The highest BCUT2D eigenvalue weighted by Crippen LogP contribution is 2.26. The van der Waals surface area contributed by atoms with Crippen LogP contribution in [0.25, 0.3) is 10.9 Å². The molecule has 2 heteroatoms. The zero-order valence-corrected chi connectivity index (χ0v) is 8.78. The average molecular weight is 189 g/mol. The SMILES string of the molecule is CC(C)(C)n1ccc2cc(O)ccc21. The largest absolute Gasteiger partial charge is 0.508 e. The Morgan fingerprint density at radius 2 is 1.86 bits per heavy atom. The summed E-state index contributed by atoms with van der Waals surface area (Å²) >= 11 is 0. The third-order valence-electron chi connectivity index (χ3n) is 2.40. The molecule has 0 spiro atoms. The van der Waals surface area contributed by atoms with E-state index in [1.807, 2.05) is 12.1 Å². The van der Waals surface area contributed by atoms with Crippen LogP contribution in [-0.4, -0.2) is 9.67 Å². The highest BCUT2D eigenvalue weighted by atomic mass is 16.3. The predicted octanol–water partition coefficient (Wildman–Crippen LogP) is 3.10. The molecule has 0 atom stereocenters. The Morgan fingerprint density at radius 3 is 2.50 bits per heavy atom. The van der Waals surface area contributed by atoms with Crippen LogP contribution in [0.2, 0.25) is 0 Å². The summed E-state index contributed by atoms with van der Waals surface area (Å²) in [6.45, 7) is 6.50. The van der Waals surface area contributed by atoms with Gasteiger partial charge in [0.1, 0.15) is 5.75 Å². The summed E-state index contributed by atoms with van der Waals surface area (Å²) in [5, 5.41) is 10.4. The Hall–Kier alpha value is -1.44. The van der Waals surface area contributed by atoms with Crippen molar-refractivity contribution in [2.45, 2.75) is 26.3 Å². The van der Waals surface area contributed by atoms with Crippen molar-refractivity contribution in [2.75, 3.05) is 0 Å². The number of benzene rings is 1. The Labute approximate surface area is 83.8 Å². The molecular formula is C12H15NO. The van der Waals surface area contributed by atoms with Crippen molar-refractivity contribution in [1.29, 1.82) is 0 Å². The molecule has 0 fully saturated rings. The van der Waals surface area contributed by atoms with E-state index < -0.39 is 0 Å². The van der Waals surface area contributed by atoms with Gasteiger partial charge in [0.2, 0.25) is 0 Å². The van der Waals surface area contributed by atoms with E-state index in [1.165, 1.54) is 0 Å². The molecule has 0 bridgehead atoms. The van der Waals surface area contributed by atoms with Crippen molar-refractivity contribution in [2.24, 2.45) is 0 Å². The Morgan fingerprint density at radius 1 is 1.14 bits per heavy atom. The number of hydrogen-bond acceptors (Lipinski definition) is 1. The summed E-state index contributed by atoms with van der Waals surface area (Å²) in [6, 6.07) is 7.50. The fourth-order valence-corrected chi connectivity index (χ4v) is 1.71. The summed E-state index contributed by atoms with van der Waals surface area (Å²) in [7, 11) is 0. The van der Waals surface area contributed by atoms with Crippen molar-refractivity contribution in [1.82, 2.24) is 4.57 Å². The van der Waals surface area contributed by atoms with Crippen LogP contribution in [0.3, 0.4) is 0 Å². The maximum Gasteiger partial charge on any atom is 0.116 e. The number of nitrogens with zero attached hydrogens (tertiary/aromatic N) is 1. The number of aromatic hydroxyl groups is 1. The molecule has 0 saturated carbocycles. The first-order valence-corrected chi connectivity index (χ1v) is 4.79. The van der Waals surface area contributed by atoms with Gasteiger partial charge in [-0.15, -0.1) is 0 Å². The maximum atomic E-state index is 9.33. The first-order chi connectivity index (χ1) is 6.48. The molecule has 1 N–H and O–H groups in total. The van der Waals surface area contributed by atoms with Crippen LogP contribution < -0.4 is 0 Å². The Bertz CT molecular complexity index is 463. The minimum Gasteiger partial charge on any atom is -0.508 e. The van der Waals surface area contributed by atoms with Crippen LogP contribution in [0.5, 0.6) is 5.75 Å². The smallest absolute Gasteiger partial charge is 0.116 e. The van der Waals surface area contributed by atoms with E-state index in [0.717, 1.165) is 10.9 Å². The minimum absolute atomic E-state index is 0.0821. The van der Waals surface area contributed by atoms with Gasteiger partial charge in [-0.05, 0) is 45.0 Å². The lowest BCUT2D eigenvalue weighted by Gasteiger charge is -2.22. The normalized spacial score (nSPS) is 12.2. The lowest BCUT2D eigenvalue weighted by molar-refractivity contribution is 0.410.